The molecule has 1 atom stereocenters. The quantitative estimate of drug-likeness (QED) is 0.883. The van der Waals surface area contributed by atoms with Crippen LogP contribution < -0.4 is 5.73 Å². The van der Waals surface area contributed by atoms with E-state index in [4.69, 9.17) is 26.6 Å². The van der Waals surface area contributed by atoms with E-state index in [1.807, 2.05) is 0 Å². The highest BCUT2D eigenvalue weighted by Gasteiger charge is 2.38. The first-order chi connectivity index (χ1) is 8.67. The van der Waals surface area contributed by atoms with E-state index in [9.17, 15) is 0 Å². The van der Waals surface area contributed by atoms with Crippen molar-refractivity contribution in [3.63, 3.8) is 0 Å². The van der Waals surface area contributed by atoms with Gasteiger partial charge in [-0.3, -0.25) is 4.98 Å². The summed E-state index contributed by atoms with van der Waals surface area (Å²) >= 11 is 5.77. The highest BCUT2D eigenvalue weighted by Crippen LogP contribution is 2.27. The number of nitrogens with zero attached hydrogens (tertiary/aromatic N) is 3. The summed E-state index contributed by atoms with van der Waals surface area (Å²) in [4.78, 5) is 8.40. The van der Waals surface area contributed by atoms with E-state index in [1.54, 1.807) is 12.1 Å². The summed E-state index contributed by atoms with van der Waals surface area (Å²) in [7, 11) is 0. The SMILES string of the molecule is NC1(c2nc(-c3ccc(Cl)cn3)no2)CCOC1. The fraction of sp³-hybridized carbons (Fsp3) is 0.364. The van der Waals surface area contributed by atoms with E-state index in [2.05, 4.69) is 15.1 Å². The number of aromatic nitrogens is 3. The second kappa shape index (κ2) is 4.31. The van der Waals surface area contributed by atoms with Gasteiger partial charge in [0.2, 0.25) is 11.7 Å². The third-order valence-electron chi connectivity index (χ3n) is 2.86. The van der Waals surface area contributed by atoms with Crippen LogP contribution in [-0.4, -0.2) is 28.3 Å². The minimum absolute atomic E-state index is 0.381. The molecule has 1 aliphatic rings. The predicted octanol–water partition coefficient (Wildman–Crippen LogP) is 1.36. The molecule has 1 saturated heterocycles. The van der Waals surface area contributed by atoms with Crippen LogP contribution in [0.15, 0.2) is 22.9 Å². The van der Waals surface area contributed by atoms with Crippen molar-refractivity contribution in [1.82, 2.24) is 15.1 Å². The molecule has 3 heterocycles. The molecule has 3 rings (SSSR count). The Morgan fingerprint density at radius 1 is 1.39 bits per heavy atom. The predicted molar refractivity (Wildman–Crippen MR) is 63.8 cm³/mol. The van der Waals surface area contributed by atoms with Gasteiger partial charge in [0.15, 0.2) is 0 Å². The maximum atomic E-state index is 6.13. The monoisotopic (exact) mass is 266 g/mol. The van der Waals surface area contributed by atoms with Crippen LogP contribution in [0.1, 0.15) is 12.3 Å². The van der Waals surface area contributed by atoms with Gasteiger partial charge in [0.25, 0.3) is 0 Å². The molecule has 0 saturated carbocycles. The minimum Gasteiger partial charge on any atom is -0.379 e. The van der Waals surface area contributed by atoms with Crippen LogP contribution in [-0.2, 0) is 10.3 Å². The van der Waals surface area contributed by atoms with Gasteiger partial charge < -0.3 is 15.0 Å². The molecule has 2 aromatic heterocycles. The lowest BCUT2D eigenvalue weighted by Gasteiger charge is -2.14. The molecular weight excluding hydrogens is 256 g/mol. The van der Waals surface area contributed by atoms with Gasteiger partial charge >= 0.3 is 0 Å². The van der Waals surface area contributed by atoms with E-state index >= 15 is 0 Å². The normalized spacial score (nSPS) is 23.4. The molecule has 2 N–H and O–H groups in total. The number of halogens is 1. The molecule has 0 spiro atoms. The Bertz CT molecular complexity index is 548. The van der Waals surface area contributed by atoms with E-state index in [1.165, 1.54) is 6.20 Å². The van der Waals surface area contributed by atoms with Crippen molar-refractivity contribution in [1.29, 1.82) is 0 Å². The molecule has 6 nitrogen and oxygen atoms in total. The number of nitrogens with two attached hydrogens (primary N) is 1. The van der Waals surface area contributed by atoms with Crippen molar-refractivity contribution < 1.29 is 9.26 Å². The maximum absolute atomic E-state index is 6.13. The van der Waals surface area contributed by atoms with Gasteiger partial charge in [-0.2, -0.15) is 4.98 Å². The zero-order valence-electron chi connectivity index (χ0n) is 9.47. The molecule has 0 aliphatic carbocycles. The first kappa shape index (κ1) is 11.6. The summed E-state index contributed by atoms with van der Waals surface area (Å²) in [6.07, 6.45) is 2.20. The first-order valence-electron chi connectivity index (χ1n) is 5.50. The van der Waals surface area contributed by atoms with Gasteiger partial charge in [-0.1, -0.05) is 16.8 Å². The van der Waals surface area contributed by atoms with Crippen molar-refractivity contribution in [2.24, 2.45) is 5.73 Å². The van der Waals surface area contributed by atoms with Gasteiger partial charge in [0.1, 0.15) is 11.2 Å². The van der Waals surface area contributed by atoms with Gasteiger partial charge in [-0.15, -0.1) is 0 Å². The zero-order valence-corrected chi connectivity index (χ0v) is 10.2. The summed E-state index contributed by atoms with van der Waals surface area (Å²) in [6.45, 7) is 0.996. The van der Waals surface area contributed by atoms with Crippen LogP contribution in [0.25, 0.3) is 11.5 Å². The topological polar surface area (TPSA) is 87.1 Å². The molecule has 7 heteroatoms. The highest BCUT2D eigenvalue weighted by atomic mass is 35.5. The van der Waals surface area contributed by atoms with Crippen molar-refractivity contribution >= 4 is 11.6 Å². The molecule has 1 unspecified atom stereocenters. The average molecular weight is 267 g/mol. The lowest BCUT2D eigenvalue weighted by Crippen LogP contribution is -2.37. The Morgan fingerprint density at radius 3 is 2.94 bits per heavy atom. The summed E-state index contributed by atoms with van der Waals surface area (Å²) < 4.78 is 10.5. The van der Waals surface area contributed by atoms with E-state index in [0.717, 1.165) is 0 Å². The second-order valence-electron chi connectivity index (χ2n) is 4.24. The van der Waals surface area contributed by atoms with Crippen LogP contribution in [0.3, 0.4) is 0 Å². The molecule has 1 aliphatic heterocycles. The van der Waals surface area contributed by atoms with Crippen molar-refractivity contribution in [3.8, 4) is 11.5 Å². The van der Waals surface area contributed by atoms with Crippen LogP contribution in [0, 0.1) is 0 Å². The Hall–Kier alpha value is -1.50. The van der Waals surface area contributed by atoms with Crippen molar-refractivity contribution in [2.75, 3.05) is 13.2 Å². The number of rotatable bonds is 2. The van der Waals surface area contributed by atoms with Gasteiger partial charge in [0, 0.05) is 12.8 Å². The van der Waals surface area contributed by atoms with Crippen LogP contribution in [0.2, 0.25) is 5.02 Å². The van der Waals surface area contributed by atoms with Crippen LogP contribution >= 0.6 is 11.6 Å². The lowest BCUT2D eigenvalue weighted by atomic mass is 10.0. The Labute approximate surface area is 108 Å². The minimum atomic E-state index is -0.683. The number of ether oxygens (including phenoxy) is 1. The molecule has 0 amide bonds. The number of hydrogen-bond acceptors (Lipinski definition) is 6. The van der Waals surface area contributed by atoms with Crippen LogP contribution in [0.4, 0.5) is 0 Å². The smallest absolute Gasteiger partial charge is 0.249 e. The van der Waals surface area contributed by atoms with Crippen molar-refractivity contribution in [2.45, 2.75) is 12.0 Å². The van der Waals surface area contributed by atoms with E-state index < -0.39 is 5.54 Å². The van der Waals surface area contributed by atoms with Gasteiger partial charge in [-0.05, 0) is 18.6 Å². The molecule has 94 valence electrons. The summed E-state index contributed by atoms with van der Waals surface area (Å²) in [6, 6.07) is 3.45. The third kappa shape index (κ3) is 1.98. The summed E-state index contributed by atoms with van der Waals surface area (Å²) in [5, 5.41) is 4.44. The largest absolute Gasteiger partial charge is 0.379 e. The zero-order chi connectivity index (χ0) is 12.6. The molecular formula is C11H11ClN4O2. The van der Waals surface area contributed by atoms with E-state index in [-0.39, 0.29) is 0 Å². The molecule has 0 aromatic carbocycles. The van der Waals surface area contributed by atoms with Gasteiger partial charge in [-0.25, -0.2) is 0 Å². The fourth-order valence-corrected chi connectivity index (χ4v) is 1.90. The molecule has 18 heavy (non-hydrogen) atoms. The number of hydrogen-bond donors (Lipinski definition) is 1. The first-order valence-corrected chi connectivity index (χ1v) is 5.88. The Kier molecular flexibility index (Phi) is 2.77. The molecule has 0 radical (unpaired) electrons. The fourth-order valence-electron chi connectivity index (χ4n) is 1.79. The van der Waals surface area contributed by atoms with Gasteiger partial charge in [0.05, 0.1) is 11.6 Å². The summed E-state index contributed by atoms with van der Waals surface area (Å²) in [5.74, 6) is 0.783. The summed E-state index contributed by atoms with van der Waals surface area (Å²) in [5.41, 5.74) is 6.04. The molecule has 2 aromatic rings. The Morgan fingerprint density at radius 2 is 2.28 bits per heavy atom. The molecule has 0 bridgehead atoms. The van der Waals surface area contributed by atoms with E-state index in [0.29, 0.717) is 42.1 Å². The average Bonchev–Trinajstić information content (AvgIpc) is 2.99. The highest BCUT2D eigenvalue weighted by molar-refractivity contribution is 6.30. The Balaban J connectivity index is 1.91. The standard InChI is InChI=1S/C11H11ClN4O2/c12-7-1-2-8(14-5-7)9-15-10(18-16-9)11(13)3-4-17-6-11/h1-2,5H,3-4,6,13H2. The maximum Gasteiger partial charge on any atom is 0.249 e. The second-order valence-corrected chi connectivity index (χ2v) is 4.68. The third-order valence-corrected chi connectivity index (χ3v) is 3.08. The lowest BCUT2D eigenvalue weighted by molar-refractivity contribution is 0.166. The van der Waals surface area contributed by atoms with Crippen LogP contribution in [0.5, 0.6) is 0 Å². The number of pyridine rings is 1. The van der Waals surface area contributed by atoms with Crippen molar-refractivity contribution in [3.05, 3.63) is 29.2 Å². The molecule has 1 fully saturated rings.